The van der Waals surface area contributed by atoms with Crippen LogP contribution < -0.4 is 0 Å². The average Bonchev–Trinajstić information content (AvgIpc) is 2.38. The number of hydrogen-bond donors (Lipinski definition) is 1. The topological polar surface area (TPSA) is 37.3 Å². The van der Waals surface area contributed by atoms with Gasteiger partial charge in [-0.05, 0) is 50.5 Å². The van der Waals surface area contributed by atoms with Gasteiger partial charge in [-0.1, -0.05) is 31.6 Å². The zero-order valence-corrected chi connectivity index (χ0v) is 12.5. The standard InChI is InChI=1S/C17H26O2/c1-5-15(18)13-7-6-8-17(4)14(13)9-12(11(2)3)10-16(17)19/h12,16,19H,2,5-10H2,1,3-4H3. The van der Waals surface area contributed by atoms with Gasteiger partial charge < -0.3 is 5.11 Å². The molecule has 0 heterocycles. The maximum absolute atomic E-state index is 12.2. The Hall–Kier alpha value is -0.890. The van der Waals surface area contributed by atoms with Crippen molar-refractivity contribution in [1.29, 1.82) is 0 Å². The molecule has 0 saturated heterocycles. The van der Waals surface area contributed by atoms with Crippen LogP contribution in [0, 0.1) is 11.3 Å². The van der Waals surface area contributed by atoms with Crippen LogP contribution in [0.2, 0.25) is 0 Å². The second kappa shape index (κ2) is 5.24. The van der Waals surface area contributed by atoms with Crippen molar-refractivity contribution in [2.24, 2.45) is 11.3 Å². The normalized spacial score (nSPS) is 34.9. The van der Waals surface area contributed by atoms with Crippen LogP contribution in [0.15, 0.2) is 23.3 Å². The van der Waals surface area contributed by atoms with E-state index in [1.807, 2.05) is 13.8 Å². The number of Topliss-reactive ketones (excluding diaryl/α,β-unsaturated/α-hetero) is 1. The minimum atomic E-state index is -0.335. The van der Waals surface area contributed by atoms with Gasteiger partial charge in [0.05, 0.1) is 6.10 Å². The first-order chi connectivity index (χ1) is 8.90. The van der Waals surface area contributed by atoms with Crippen molar-refractivity contribution in [1.82, 2.24) is 0 Å². The molecule has 19 heavy (non-hydrogen) atoms. The number of allylic oxidation sites excluding steroid dienone is 2. The van der Waals surface area contributed by atoms with E-state index in [0.717, 1.165) is 43.3 Å². The molecule has 2 aliphatic rings. The predicted octanol–water partition coefficient (Wildman–Crippen LogP) is 3.80. The first-order valence-electron chi connectivity index (χ1n) is 7.49. The third-order valence-electron chi connectivity index (χ3n) is 5.22. The lowest BCUT2D eigenvalue weighted by Crippen LogP contribution is -2.43. The fourth-order valence-corrected chi connectivity index (χ4v) is 3.76. The summed E-state index contributed by atoms with van der Waals surface area (Å²) in [5.74, 6) is 0.603. The lowest BCUT2D eigenvalue weighted by Gasteiger charge is -2.47. The number of carbonyl (C=O) groups is 1. The summed E-state index contributed by atoms with van der Waals surface area (Å²) >= 11 is 0. The molecule has 0 radical (unpaired) electrons. The molecule has 3 atom stereocenters. The fourth-order valence-electron chi connectivity index (χ4n) is 3.76. The van der Waals surface area contributed by atoms with Crippen molar-refractivity contribution in [3.63, 3.8) is 0 Å². The number of ketones is 1. The molecule has 0 aliphatic heterocycles. The van der Waals surface area contributed by atoms with Crippen LogP contribution in [0.1, 0.15) is 59.3 Å². The first kappa shape index (κ1) is 14.5. The summed E-state index contributed by atoms with van der Waals surface area (Å²) in [7, 11) is 0. The number of aliphatic hydroxyl groups excluding tert-OH is 1. The van der Waals surface area contributed by atoms with Crippen LogP contribution in [-0.4, -0.2) is 17.0 Å². The molecule has 3 unspecified atom stereocenters. The molecular formula is C17H26O2. The summed E-state index contributed by atoms with van der Waals surface area (Å²) in [4.78, 5) is 12.2. The third kappa shape index (κ3) is 2.43. The summed E-state index contributed by atoms with van der Waals surface area (Å²) in [6.07, 6.45) is 4.88. The number of fused-ring (bicyclic) bond motifs is 1. The Morgan fingerprint density at radius 3 is 2.79 bits per heavy atom. The lowest BCUT2D eigenvalue weighted by atomic mass is 9.59. The van der Waals surface area contributed by atoms with Crippen LogP contribution in [0.4, 0.5) is 0 Å². The molecule has 0 amide bonds. The van der Waals surface area contributed by atoms with Gasteiger partial charge in [0.25, 0.3) is 0 Å². The molecule has 106 valence electrons. The Labute approximate surface area is 116 Å². The molecule has 2 rings (SSSR count). The van der Waals surface area contributed by atoms with E-state index in [9.17, 15) is 9.90 Å². The van der Waals surface area contributed by atoms with E-state index < -0.39 is 0 Å². The molecule has 0 aromatic carbocycles. The Morgan fingerprint density at radius 1 is 1.53 bits per heavy atom. The highest BCUT2D eigenvalue weighted by atomic mass is 16.3. The maximum atomic E-state index is 12.2. The maximum Gasteiger partial charge on any atom is 0.158 e. The van der Waals surface area contributed by atoms with Gasteiger partial charge >= 0.3 is 0 Å². The summed E-state index contributed by atoms with van der Waals surface area (Å²) in [5, 5.41) is 10.6. The zero-order valence-electron chi connectivity index (χ0n) is 12.5. The number of aliphatic hydroxyl groups is 1. The zero-order chi connectivity index (χ0) is 14.2. The van der Waals surface area contributed by atoms with Crippen molar-refractivity contribution in [2.45, 2.75) is 65.4 Å². The second-order valence-electron chi connectivity index (χ2n) is 6.50. The number of rotatable bonds is 3. The minimum Gasteiger partial charge on any atom is -0.392 e. The molecular weight excluding hydrogens is 236 g/mol. The van der Waals surface area contributed by atoms with Gasteiger partial charge in [0.2, 0.25) is 0 Å². The van der Waals surface area contributed by atoms with E-state index in [4.69, 9.17) is 0 Å². The van der Waals surface area contributed by atoms with E-state index in [0.29, 0.717) is 12.3 Å². The van der Waals surface area contributed by atoms with Crippen molar-refractivity contribution in [3.05, 3.63) is 23.3 Å². The van der Waals surface area contributed by atoms with Crippen LogP contribution >= 0.6 is 0 Å². The second-order valence-corrected chi connectivity index (χ2v) is 6.50. The Balaban J connectivity index is 2.45. The molecule has 2 nitrogen and oxygen atoms in total. The van der Waals surface area contributed by atoms with Crippen LogP contribution in [0.3, 0.4) is 0 Å². The molecule has 0 bridgehead atoms. The molecule has 1 N–H and O–H groups in total. The molecule has 0 aromatic heterocycles. The van der Waals surface area contributed by atoms with Crippen LogP contribution in [0.5, 0.6) is 0 Å². The summed E-state index contributed by atoms with van der Waals surface area (Å²) in [6, 6.07) is 0. The number of carbonyl (C=O) groups excluding carboxylic acids is 1. The van der Waals surface area contributed by atoms with Gasteiger partial charge in [-0.25, -0.2) is 0 Å². The predicted molar refractivity (Wildman–Crippen MR) is 77.8 cm³/mol. The third-order valence-corrected chi connectivity index (χ3v) is 5.22. The monoisotopic (exact) mass is 262 g/mol. The van der Waals surface area contributed by atoms with Gasteiger partial charge in [0.1, 0.15) is 0 Å². The SMILES string of the molecule is C=C(C)C1CC2=C(C(=O)CC)CCCC2(C)C(O)C1. The highest BCUT2D eigenvalue weighted by Crippen LogP contribution is 2.52. The molecule has 0 spiro atoms. The van der Waals surface area contributed by atoms with E-state index >= 15 is 0 Å². The molecule has 1 saturated carbocycles. The Bertz CT molecular complexity index is 433. The van der Waals surface area contributed by atoms with E-state index in [-0.39, 0.29) is 17.3 Å². The highest BCUT2D eigenvalue weighted by Gasteiger charge is 2.46. The quantitative estimate of drug-likeness (QED) is 0.785. The molecule has 0 aromatic rings. The van der Waals surface area contributed by atoms with Crippen molar-refractivity contribution >= 4 is 5.78 Å². The molecule has 2 aliphatic carbocycles. The van der Waals surface area contributed by atoms with E-state index in [2.05, 4.69) is 13.5 Å². The number of hydrogen-bond acceptors (Lipinski definition) is 2. The van der Waals surface area contributed by atoms with Crippen LogP contribution in [-0.2, 0) is 4.79 Å². The molecule has 2 heteroatoms. The van der Waals surface area contributed by atoms with E-state index in [1.165, 1.54) is 5.57 Å². The Kier molecular flexibility index (Phi) is 4.00. The molecule has 1 fully saturated rings. The average molecular weight is 262 g/mol. The fraction of sp³-hybridized carbons (Fsp3) is 0.706. The smallest absolute Gasteiger partial charge is 0.158 e. The van der Waals surface area contributed by atoms with Gasteiger partial charge in [-0.15, -0.1) is 0 Å². The highest BCUT2D eigenvalue weighted by molar-refractivity contribution is 5.96. The van der Waals surface area contributed by atoms with Crippen LogP contribution in [0.25, 0.3) is 0 Å². The van der Waals surface area contributed by atoms with Crippen molar-refractivity contribution in [3.8, 4) is 0 Å². The summed E-state index contributed by atoms with van der Waals surface area (Å²) in [5.41, 5.74) is 3.20. The van der Waals surface area contributed by atoms with Crippen molar-refractivity contribution in [2.75, 3.05) is 0 Å². The first-order valence-corrected chi connectivity index (χ1v) is 7.49. The van der Waals surface area contributed by atoms with Gasteiger partial charge in [-0.3, -0.25) is 4.79 Å². The van der Waals surface area contributed by atoms with Crippen molar-refractivity contribution < 1.29 is 9.90 Å². The summed E-state index contributed by atoms with van der Waals surface area (Å²) < 4.78 is 0. The minimum absolute atomic E-state index is 0.176. The van der Waals surface area contributed by atoms with Gasteiger partial charge in [-0.2, -0.15) is 0 Å². The largest absolute Gasteiger partial charge is 0.392 e. The lowest BCUT2D eigenvalue weighted by molar-refractivity contribution is -0.115. The summed E-state index contributed by atoms with van der Waals surface area (Å²) in [6.45, 7) is 10.1. The van der Waals surface area contributed by atoms with Gasteiger partial charge in [0.15, 0.2) is 5.78 Å². The van der Waals surface area contributed by atoms with E-state index in [1.54, 1.807) is 0 Å². The Morgan fingerprint density at radius 2 is 2.21 bits per heavy atom. The van der Waals surface area contributed by atoms with Gasteiger partial charge in [0, 0.05) is 11.8 Å².